The van der Waals surface area contributed by atoms with E-state index in [0.29, 0.717) is 16.5 Å². The summed E-state index contributed by atoms with van der Waals surface area (Å²) in [5.41, 5.74) is 2.17. The molecule has 0 fully saturated rings. The van der Waals surface area contributed by atoms with Crippen molar-refractivity contribution in [2.24, 2.45) is 0 Å². The molecule has 0 saturated carbocycles. The van der Waals surface area contributed by atoms with Gasteiger partial charge < -0.3 is 0 Å². The number of halogens is 3. The summed E-state index contributed by atoms with van der Waals surface area (Å²) in [5, 5.41) is 9.54. The molecule has 0 atom stereocenters. The van der Waals surface area contributed by atoms with E-state index in [4.69, 9.17) is 11.6 Å². The second kappa shape index (κ2) is 5.04. The molecule has 0 saturated heterocycles. The Morgan fingerprint density at radius 1 is 0.905 bits per heavy atom. The van der Waals surface area contributed by atoms with Gasteiger partial charge in [0.2, 0.25) is 0 Å². The molecule has 1 heterocycles. The maximum Gasteiger partial charge on any atom is 0.159 e. The van der Waals surface area contributed by atoms with Gasteiger partial charge in [-0.2, -0.15) is 0 Å². The molecular formula is C16H11ClF2N2. The van der Waals surface area contributed by atoms with Gasteiger partial charge in [0.15, 0.2) is 5.15 Å². The highest BCUT2D eigenvalue weighted by Gasteiger charge is 2.17. The fourth-order valence-electron chi connectivity index (χ4n) is 2.44. The van der Waals surface area contributed by atoms with Crippen LogP contribution in [0.4, 0.5) is 8.78 Å². The zero-order valence-corrected chi connectivity index (χ0v) is 12.2. The fraction of sp³-hybridized carbons (Fsp3) is 0.125. The summed E-state index contributed by atoms with van der Waals surface area (Å²) in [7, 11) is 0. The molecule has 3 rings (SSSR count). The lowest BCUT2D eigenvalue weighted by Crippen LogP contribution is -1.97. The molecule has 0 aliphatic rings. The average Bonchev–Trinajstić information content (AvgIpc) is 2.46. The third-order valence-corrected chi connectivity index (χ3v) is 3.75. The van der Waals surface area contributed by atoms with E-state index in [2.05, 4.69) is 10.2 Å². The van der Waals surface area contributed by atoms with Crippen LogP contribution < -0.4 is 0 Å². The molecule has 5 heteroatoms. The van der Waals surface area contributed by atoms with Gasteiger partial charge in [-0.25, -0.2) is 8.78 Å². The molecule has 0 aliphatic carbocycles. The minimum absolute atomic E-state index is 0.0814. The Hall–Kier alpha value is -2.07. The van der Waals surface area contributed by atoms with Crippen LogP contribution in [0, 0.1) is 25.5 Å². The highest BCUT2D eigenvalue weighted by molar-refractivity contribution is 6.35. The molecule has 21 heavy (non-hydrogen) atoms. The summed E-state index contributed by atoms with van der Waals surface area (Å²) in [5.74, 6) is -1.07. The number of hydrogen-bond acceptors (Lipinski definition) is 2. The highest BCUT2D eigenvalue weighted by Crippen LogP contribution is 2.35. The van der Waals surface area contributed by atoms with Crippen LogP contribution >= 0.6 is 11.6 Å². The third kappa shape index (κ3) is 2.25. The second-order valence-electron chi connectivity index (χ2n) is 4.91. The number of hydrogen-bond donors (Lipinski definition) is 0. The zero-order chi connectivity index (χ0) is 15.1. The largest absolute Gasteiger partial charge is 0.207 e. The highest BCUT2D eigenvalue weighted by atomic mass is 35.5. The van der Waals surface area contributed by atoms with Crippen LogP contribution in [0.5, 0.6) is 0 Å². The standard InChI is InChI=1S/C16H11ClF2N2/c1-8-3-4-9(2)14-13(8)15(20-21-16(14)17)11-7-10(18)5-6-12(11)19/h3-7H,1-2H3. The number of benzene rings is 2. The Morgan fingerprint density at radius 2 is 1.57 bits per heavy atom. The van der Waals surface area contributed by atoms with Crippen molar-refractivity contribution in [2.75, 3.05) is 0 Å². The van der Waals surface area contributed by atoms with Crippen molar-refractivity contribution < 1.29 is 8.78 Å². The maximum absolute atomic E-state index is 14.0. The first-order valence-electron chi connectivity index (χ1n) is 6.36. The van der Waals surface area contributed by atoms with E-state index < -0.39 is 11.6 Å². The maximum atomic E-state index is 14.0. The van der Waals surface area contributed by atoms with E-state index in [0.717, 1.165) is 29.3 Å². The van der Waals surface area contributed by atoms with Gasteiger partial charge in [-0.05, 0) is 43.2 Å². The van der Waals surface area contributed by atoms with Gasteiger partial charge in [0.1, 0.15) is 17.3 Å². The lowest BCUT2D eigenvalue weighted by Gasteiger charge is -2.11. The van der Waals surface area contributed by atoms with E-state index in [9.17, 15) is 8.78 Å². The lowest BCUT2D eigenvalue weighted by molar-refractivity contribution is 0.602. The Balaban J connectivity index is 2.47. The van der Waals surface area contributed by atoms with Crippen molar-refractivity contribution in [1.82, 2.24) is 10.2 Å². The minimum Gasteiger partial charge on any atom is -0.207 e. The van der Waals surface area contributed by atoms with Crippen LogP contribution in [0.2, 0.25) is 5.15 Å². The summed E-state index contributed by atoms with van der Waals surface area (Å²) in [6, 6.07) is 7.09. The number of nitrogens with zero attached hydrogens (tertiary/aromatic N) is 2. The predicted molar refractivity (Wildman–Crippen MR) is 79.4 cm³/mol. The predicted octanol–water partition coefficient (Wildman–Crippen LogP) is 4.85. The molecule has 0 spiro atoms. The van der Waals surface area contributed by atoms with Gasteiger partial charge in [0.05, 0.1) is 0 Å². The number of fused-ring (bicyclic) bond motifs is 1. The zero-order valence-electron chi connectivity index (χ0n) is 11.4. The van der Waals surface area contributed by atoms with Gasteiger partial charge in [0.25, 0.3) is 0 Å². The number of rotatable bonds is 1. The summed E-state index contributed by atoms with van der Waals surface area (Å²) in [6.07, 6.45) is 0. The summed E-state index contributed by atoms with van der Waals surface area (Å²) in [4.78, 5) is 0. The molecule has 0 N–H and O–H groups in total. The Bertz CT molecular complexity index is 854. The third-order valence-electron chi connectivity index (χ3n) is 3.49. The molecule has 106 valence electrons. The van der Waals surface area contributed by atoms with Crippen LogP contribution in [-0.4, -0.2) is 10.2 Å². The SMILES string of the molecule is Cc1ccc(C)c2c(-c3cc(F)ccc3F)nnc(Cl)c12. The van der Waals surface area contributed by atoms with Crippen molar-refractivity contribution in [3.63, 3.8) is 0 Å². The van der Waals surface area contributed by atoms with Crippen molar-refractivity contribution >= 4 is 22.4 Å². The van der Waals surface area contributed by atoms with Gasteiger partial charge in [0, 0.05) is 16.3 Å². The van der Waals surface area contributed by atoms with E-state index in [1.165, 1.54) is 0 Å². The van der Waals surface area contributed by atoms with Crippen molar-refractivity contribution in [1.29, 1.82) is 0 Å². The van der Waals surface area contributed by atoms with Crippen molar-refractivity contribution in [2.45, 2.75) is 13.8 Å². The van der Waals surface area contributed by atoms with E-state index in [1.807, 2.05) is 26.0 Å². The van der Waals surface area contributed by atoms with Gasteiger partial charge >= 0.3 is 0 Å². The summed E-state index contributed by atoms with van der Waals surface area (Å²) < 4.78 is 27.5. The van der Waals surface area contributed by atoms with Gasteiger partial charge in [-0.1, -0.05) is 23.7 Å². The fourth-order valence-corrected chi connectivity index (χ4v) is 2.72. The topological polar surface area (TPSA) is 25.8 Å². The second-order valence-corrected chi connectivity index (χ2v) is 5.27. The first-order valence-corrected chi connectivity index (χ1v) is 6.74. The van der Waals surface area contributed by atoms with E-state index in [-0.39, 0.29) is 10.7 Å². The first kappa shape index (κ1) is 13.9. The van der Waals surface area contributed by atoms with Crippen LogP contribution in [0.3, 0.4) is 0 Å². The molecule has 2 aromatic carbocycles. The number of aromatic nitrogens is 2. The molecule has 0 aliphatic heterocycles. The molecule has 2 nitrogen and oxygen atoms in total. The summed E-state index contributed by atoms with van der Waals surface area (Å²) >= 11 is 6.12. The normalized spacial score (nSPS) is 11.1. The molecule has 0 bridgehead atoms. The number of aryl methyl sites for hydroxylation is 2. The Labute approximate surface area is 125 Å². The average molecular weight is 305 g/mol. The monoisotopic (exact) mass is 304 g/mol. The van der Waals surface area contributed by atoms with Crippen LogP contribution in [0.25, 0.3) is 22.0 Å². The smallest absolute Gasteiger partial charge is 0.159 e. The van der Waals surface area contributed by atoms with Crippen molar-refractivity contribution in [3.8, 4) is 11.3 Å². The Morgan fingerprint density at radius 3 is 2.29 bits per heavy atom. The molecule has 0 unspecified atom stereocenters. The Kier molecular flexibility index (Phi) is 3.33. The minimum atomic E-state index is -0.546. The van der Waals surface area contributed by atoms with Crippen molar-refractivity contribution in [3.05, 3.63) is 58.2 Å². The molecule has 0 amide bonds. The lowest BCUT2D eigenvalue weighted by atomic mass is 9.98. The van der Waals surface area contributed by atoms with Gasteiger partial charge in [-0.3, -0.25) is 0 Å². The first-order chi connectivity index (χ1) is 9.99. The summed E-state index contributed by atoms with van der Waals surface area (Å²) in [6.45, 7) is 3.77. The van der Waals surface area contributed by atoms with Crippen LogP contribution in [0.15, 0.2) is 30.3 Å². The van der Waals surface area contributed by atoms with Crippen LogP contribution in [-0.2, 0) is 0 Å². The molecule has 1 aromatic heterocycles. The van der Waals surface area contributed by atoms with Crippen LogP contribution in [0.1, 0.15) is 11.1 Å². The molecule has 0 radical (unpaired) electrons. The van der Waals surface area contributed by atoms with Gasteiger partial charge in [-0.15, -0.1) is 10.2 Å². The van der Waals surface area contributed by atoms with E-state index in [1.54, 1.807) is 0 Å². The molecular weight excluding hydrogens is 294 g/mol. The van der Waals surface area contributed by atoms with E-state index >= 15 is 0 Å². The molecule has 3 aromatic rings. The quantitative estimate of drug-likeness (QED) is 0.642.